The molecule has 2 unspecified atom stereocenters. The van der Waals surface area contributed by atoms with Crippen LogP contribution in [0.1, 0.15) is 105 Å². The number of carbonyl (C=O) groups is 1. The third-order valence-corrected chi connectivity index (χ3v) is 8.12. The summed E-state index contributed by atoms with van der Waals surface area (Å²) in [6.07, 6.45) is 15.7. The highest BCUT2D eigenvalue weighted by Gasteiger charge is 2.46. The Kier molecular flexibility index (Phi) is 7.66. The fourth-order valence-electron chi connectivity index (χ4n) is 6.47. The topological polar surface area (TPSA) is 46.5 Å². The van der Waals surface area contributed by atoms with Crippen molar-refractivity contribution in [3.63, 3.8) is 0 Å². The van der Waals surface area contributed by atoms with Gasteiger partial charge in [-0.05, 0) is 80.3 Å². The van der Waals surface area contributed by atoms with Gasteiger partial charge in [0, 0.05) is 12.8 Å². The number of ketones is 1. The van der Waals surface area contributed by atoms with E-state index >= 15 is 0 Å². The number of hydrogen-bond donors (Lipinski definition) is 1. The molecule has 2 fully saturated rings. The van der Waals surface area contributed by atoms with Crippen molar-refractivity contribution >= 4 is 5.78 Å². The van der Waals surface area contributed by atoms with Crippen LogP contribution in [0.25, 0.3) is 0 Å². The molecule has 3 aliphatic rings. The number of allylic oxidation sites excluding steroid dienone is 4. The Labute approximate surface area is 184 Å². The van der Waals surface area contributed by atoms with E-state index in [0.717, 1.165) is 30.6 Å². The zero-order valence-corrected chi connectivity index (χ0v) is 20.0. The van der Waals surface area contributed by atoms with Crippen LogP contribution in [0.15, 0.2) is 23.3 Å². The van der Waals surface area contributed by atoms with Crippen LogP contribution in [0.5, 0.6) is 0 Å². The predicted molar refractivity (Wildman–Crippen MR) is 123 cm³/mol. The van der Waals surface area contributed by atoms with E-state index in [2.05, 4.69) is 33.8 Å². The minimum atomic E-state index is -1.06. The second-order valence-electron chi connectivity index (χ2n) is 11.2. The van der Waals surface area contributed by atoms with Crippen molar-refractivity contribution in [3.05, 3.63) is 23.3 Å². The number of rotatable bonds is 9. The molecule has 1 saturated heterocycles. The molecule has 170 valence electrons. The molecule has 0 aromatic rings. The van der Waals surface area contributed by atoms with Gasteiger partial charge in [-0.1, -0.05) is 58.6 Å². The van der Waals surface area contributed by atoms with Crippen molar-refractivity contribution in [3.8, 4) is 0 Å². The Bertz CT molecular complexity index is 672. The number of hydrogen-bond acceptors (Lipinski definition) is 3. The van der Waals surface area contributed by atoms with Gasteiger partial charge in [-0.25, -0.2) is 0 Å². The Balaban J connectivity index is 1.62. The van der Waals surface area contributed by atoms with Crippen molar-refractivity contribution in [1.82, 2.24) is 0 Å². The van der Waals surface area contributed by atoms with Gasteiger partial charge in [0.2, 0.25) is 0 Å². The van der Waals surface area contributed by atoms with Crippen LogP contribution in [0, 0.1) is 23.2 Å². The van der Waals surface area contributed by atoms with Gasteiger partial charge in [0.25, 0.3) is 0 Å². The molecule has 0 aromatic carbocycles. The summed E-state index contributed by atoms with van der Waals surface area (Å²) in [5.74, 6) is 1.43. The van der Waals surface area contributed by atoms with Gasteiger partial charge in [0.1, 0.15) is 0 Å². The minimum absolute atomic E-state index is 0.120. The Morgan fingerprint density at radius 1 is 1.17 bits per heavy atom. The standard InChI is InChI=1S/C27H44O3/c1-19(2)8-6-9-20(3)24-13-14-25-21(10-7-16-26(24,25)4)11-12-22(28)18-23-15-17-27(5,29)30-23/h11-12,19-20,23-24,29H,6-10,13-18H2,1-5H3/b12-11+/t20-,23?,24-,26-,27?/m1/s1. The van der Waals surface area contributed by atoms with Crippen molar-refractivity contribution in [1.29, 1.82) is 0 Å². The fourth-order valence-corrected chi connectivity index (χ4v) is 6.47. The van der Waals surface area contributed by atoms with E-state index in [1.165, 1.54) is 50.5 Å². The van der Waals surface area contributed by atoms with E-state index in [1.54, 1.807) is 18.6 Å². The number of carbonyl (C=O) groups excluding carboxylic acids is 1. The number of ether oxygens (including phenoxy) is 1. The SMILES string of the molecule is CC(C)CCC[C@@H](C)[C@H]1CCC2=C(/C=C/C(=O)CC3CCC(C)(O)O3)CCC[C@@]21C. The highest BCUT2D eigenvalue weighted by molar-refractivity contribution is 5.90. The summed E-state index contributed by atoms with van der Waals surface area (Å²) in [7, 11) is 0. The average molecular weight is 417 g/mol. The summed E-state index contributed by atoms with van der Waals surface area (Å²) >= 11 is 0. The van der Waals surface area contributed by atoms with Gasteiger partial charge >= 0.3 is 0 Å². The first-order valence-electron chi connectivity index (χ1n) is 12.4. The number of aliphatic hydroxyl groups is 1. The van der Waals surface area contributed by atoms with Crippen LogP contribution in [0.4, 0.5) is 0 Å². The average Bonchev–Trinajstić information content (AvgIpc) is 3.18. The summed E-state index contributed by atoms with van der Waals surface area (Å²) in [4.78, 5) is 12.5. The molecule has 0 radical (unpaired) electrons. The quantitative estimate of drug-likeness (QED) is 0.423. The zero-order chi connectivity index (χ0) is 21.9. The highest BCUT2D eigenvalue weighted by atomic mass is 16.6. The van der Waals surface area contributed by atoms with Gasteiger partial charge in [0.05, 0.1) is 6.10 Å². The van der Waals surface area contributed by atoms with E-state index in [4.69, 9.17) is 4.74 Å². The van der Waals surface area contributed by atoms with Gasteiger partial charge in [-0.2, -0.15) is 0 Å². The lowest BCUT2D eigenvalue weighted by molar-refractivity contribution is -0.179. The van der Waals surface area contributed by atoms with Crippen LogP contribution < -0.4 is 0 Å². The summed E-state index contributed by atoms with van der Waals surface area (Å²) < 4.78 is 5.57. The first-order chi connectivity index (χ1) is 14.1. The third kappa shape index (κ3) is 5.65. The molecule has 3 rings (SSSR count). The third-order valence-electron chi connectivity index (χ3n) is 8.12. The van der Waals surface area contributed by atoms with Gasteiger partial charge in [-0.15, -0.1) is 0 Å². The highest BCUT2D eigenvalue weighted by Crippen LogP contribution is 2.57. The van der Waals surface area contributed by atoms with Gasteiger partial charge in [-0.3, -0.25) is 4.79 Å². The Hall–Kier alpha value is -0.930. The molecule has 1 aliphatic heterocycles. The van der Waals surface area contributed by atoms with Crippen LogP contribution >= 0.6 is 0 Å². The molecule has 5 atom stereocenters. The van der Waals surface area contributed by atoms with E-state index < -0.39 is 5.79 Å². The van der Waals surface area contributed by atoms with E-state index in [-0.39, 0.29) is 11.9 Å². The lowest BCUT2D eigenvalue weighted by atomic mass is 9.64. The minimum Gasteiger partial charge on any atom is -0.366 e. The number of fused-ring (bicyclic) bond motifs is 1. The summed E-state index contributed by atoms with van der Waals surface area (Å²) in [5.41, 5.74) is 3.39. The molecule has 2 aliphatic carbocycles. The van der Waals surface area contributed by atoms with Gasteiger partial charge < -0.3 is 9.84 Å². The lowest BCUT2D eigenvalue weighted by Crippen LogP contribution is -2.31. The van der Waals surface area contributed by atoms with Crippen molar-refractivity contribution in [2.45, 2.75) is 117 Å². The molecule has 0 bridgehead atoms. The first kappa shape index (κ1) is 23.7. The van der Waals surface area contributed by atoms with Crippen molar-refractivity contribution in [2.24, 2.45) is 23.2 Å². The van der Waals surface area contributed by atoms with E-state index in [1.807, 2.05) is 0 Å². The second-order valence-corrected chi connectivity index (χ2v) is 11.2. The molecule has 0 aromatic heterocycles. The maximum atomic E-state index is 12.5. The monoisotopic (exact) mass is 416 g/mol. The molecular weight excluding hydrogens is 372 g/mol. The molecule has 30 heavy (non-hydrogen) atoms. The molecule has 0 spiro atoms. The maximum absolute atomic E-state index is 12.5. The van der Waals surface area contributed by atoms with Crippen LogP contribution in [-0.4, -0.2) is 22.8 Å². The molecule has 3 heteroatoms. The largest absolute Gasteiger partial charge is 0.366 e. The van der Waals surface area contributed by atoms with Crippen LogP contribution in [0.2, 0.25) is 0 Å². The van der Waals surface area contributed by atoms with E-state index in [0.29, 0.717) is 18.3 Å². The van der Waals surface area contributed by atoms with Crippen molar-refractivity contribution < 1.29 is 14.6 Å². The molecular formula is C27H44O3. The molecule has 3 nitrogen and oxygen atoms in total. The normalized spacial score (nSPS) is 35.4. The lowest BCUT2D eigenvalue weighted by Gasteiger charge is -2.40. The zero-order valence-electron chi connectivity index (χ0n) is 20.0. The molecule has 0 amide bonds. The smallest absolute Gasteiger partial charge is 0.163 e. The molecule has 1 heterocycles. The maximum Gasteiger partial charge on any atom is 0.163 e. The van der Waals surface area contributed by atoms with Crippen molar-refractivity contribution in [2.75, 3.05) is 0 Å². The summed E-state index contributed by atoms with van der Waals surface area (Å²) in [6, 6.07) is 0. The van der Waals surface area contributed by atoms with E-state index in [9.17, 15) is 9.90 Å². The summed E-state index contributed by atoms with van der Waals surface area (Å²) in [6.45, 7) is 11.3. The van der Waals surface area contributed by atoms with Crippen LogP contribution in [0.3, 0.4) is 0 Å². The summed E-state index contributed by atoms with van der Waals surface area (Å²) in [5, 5.41) is 9.93. The first-order valence-corrected chi connectivity index (χ1v) is 12.4. The molecule has 1 N–H and O–H groups in total. The molecule has 1 saturated carbocycles. The Morgan fingerprint density at radius 3 is 2.60 bits per heavy atom. The van der Waals surface area contributed by atoms with Crippen LogP contribution in [-0.2, 0) is 9.53 Å². The van der Waals surface area contributed by atoms with Gasteiger partial charge in [0.15, 0.2) is 11.6 Å². The second kappa shape index (κ2) is 9.69. The fraction of sp³-hybridized carbons (Fsp3) is 0.815. The predicted octanol–water partition coefficient (Wildman–Crippen LogP) is 6.75. The Morgan fingerprint density at radius 2 is 1.93 bits per heavy atom.